The molecule has 0 aromatic carbocycles. The quantitative estimate of drug-likeness (QED) is 0.590. The van der Waals surface area contributed by atoms with Gasteiger partial charge in [0, 0.05) is 13.1 Å². The zero-order valence-corrected chi connectivity index (χ0v) is 13.3. The molecule has 0 spiro atoms. The molecule has 0 radical (unpaired) electrons. The fraction of sp³-hybridized carbons (Fsp3) is 0.800. The Morgan fingerprint density at radius 2 is 2.05 bits per heavy atom. The first-order chi connectivity index (χ1) is 9.68. The van der Waals surface area contributed by atoms with Gasteiger partial charge in [0.15, 0.2) is 0 Å². The summed E-state index contributed by atoms with van der Waals surface area (Å²) in [4.78, 5) is 25.8. The van der Waals surface area contributed by atoms with E-state index in [9.17, 15) is 9.59 Å². The number of amides is 1. The van der Waals surface area contributed by atoms with Crippen LogP contribution in [0.1, 0.15) is 47.0 Å². The third kappa shape index (κ3) is 5.25. The van der Waals surface area contributed by atoms with Gasteiger partial charge in [0.2, 0.25) is 0 Å². The van der Waals surface area contributed by atoms with Crippen LogP contribution in [0.3, 0.4) is 0 Å². The van der Waals surface area contributed by atoms with Crippen molar-refractivity contribution in [3.05, 3.63) is 0 Å². The van der Waals surface area contributed by atoms with E-state index in [4.69, 9.17) is 14.7 Å². The molecule has 0 aliphatic carbocycles. The summed E-state index contributed by atoms with van der Waals surface area (Å²) in [6.45, 7) is 8.18. The number of piperidine rings is 1. The lowest BCUT2D eigenvalue weighted by molar-refractivity contribution is -0.157. The topological polar surface area (TPSA) is 79.6 Å². The van der Waals surface area contributed by atoms with Crippen molar-refractivity contribution < 1.29 is 19.1 Å². The van der Waals surface area contributed by atoms with Gasteiger partial charge in [0.1, 0.15) is 12.2 Å². The second-order valence-corrected chi connectivity index (χ2v) is 6.61. The molecule has 6 nitrogen and oxygen atoms in total. The highest BCUT2D eigenvalue weighted by Crippen LogP contribution is 2.31. The second kappa shape index (κ2) is 6.79. The van der Waals surface area contributed by atoms with Crippen molar-refractivity contribution in [3.8, 4) is 6.07 Å². The summed E-state index contributed by atoms with van der Waals surface area (Å²) >= 11 is 0. The molecule has 0 aromatic rings. The van der Waals surface area contributed by atoms with Gasteiger partial charge in [-0.2, -0.15) is 5.26 Å². The Morgan fingerprint density at radius 1 is 1.38 bits per heavy atom. The number of nitrogens with zero attached hydrogens (tertiary/aromatic N) is 2. The van der Waals surface area contributed by atoms with Gasteiger partial charge in [-0.15, -0.1) is 0 Å². The molecule has 1 aliphatic rings. The molecule has 0 N–H and O–H groups in total. The predicted octanol–water partition coefficient (Wildman–Crippen LogP) is 2.48. The highest BCUT2D eigenvalue weighted by atomic mass is 16.6. The van der Waals surface area contributed by atoms with Gasteiger partial charge >= 0.3 is 12.1 Å². The maximum atomic E-state index is 12.1. The number of hydrogen-bond donors (Lipinski definition) is 0. The first-order valence-electron chi connectivity index (χ1n) is 7.20. The van der Waals surface area contributed by atoms with Gasteiger partial charge in [-0.05, 0) is 40.5 Å². The SMILES string of the molecule is CC(C)(C)OC(=O)N1CCCC(C)(C(=O)OCCC#N)C1. The van der Waals surface area contributed by atoms with Crippen molar-refractivity contribution in [3.63, 3.8) is 0 Å². The van der Waals surface area contributed by atoms with Crippen LogP contribution in [0.5, 0.6) is 0 Å². The van der Waals surface area contributed by atoms with Crippen LogP contribution < -0.4 is 0 Å². The van der Waals surface area contributed by atoms with E-state index < -0.39 is 17.1 Å². The van der Waals surface area contributed by atoms with E-state index in [1.165, 1.54) is 0 Å². The molecule has 6 heteroatoms. The largest absolute Gasteiger partial charge is 0.464 e. The van der Waals surface area contributed by atoms with E-state index in [0.29, 0.717) is 13.0 Å². The summed E-state index contributed by atoms with van der Waals surface area (Å²) in [7, 11) is 0. The Bertz CT molecular complexity index is 436. The highest BCUT2D eigenvalue weighted by molar-refractivity contribution is 5.78. The first-order valence-corrected chi connectivity index (χ1v) is 7.20. The molecule has 1 rings (SSSR count). The number of rotatable bonds is 3. The Labute approximate surface area is 126 Å². The van der Waals surface area contributed by atoms with Crippen molar-refractivity contribution in [2.24, 2.45) is 5.41 Å². The van der Waals surface area contributed by atoms with Gasteiger partial charge in [-0.3, -0.25) is 4.79 Å². The van der Waals surface area contributed by atoms with Crippen LogP contribution in [-0.2, 0) is 14.3 Å². The number of esters is 1. The number of ether oxygens (including phenoxy) is 2. The molecule has 0 saturated carbocycles. The number of carbonyl (C=O) groups is 2. The maximum Gasteiger partial charge on any atom is 0.410 e. The second-order valence-electron chi connectivity index (χ2n) is 6.61. The molecule has 118 valence electrons. The number of likely N-dealkylation sites (tertiary alicyclic amines) is 1. The van der Waals surface area contributed by atoms with Crippen LogP contribution in [0.2, 0.25) is 0 Å². The molecule has 1 atom stereocenters. The minimum Gasteiger partial charge on any atom is -0.464 e. The molecule has 1 amide bonds. The Morgan fingerprint density at radius 3 is 2.62 bits per heavy atom. The van der Waals surface area contributed by atoms with Crippen LogP contribution in [-0.4, -0.2) is 42.3 Å². The van der Waals surface area contributed by atoms with Gasteiger partial charge in [-0.25, -0.2) is 4.79 Å². The predicted molar refractivity (Wildman–Crippen MR) is 76.3 cm³/mol. The smallest absolute Gasteiger partial charge is 0.410 e. The Hall–Kier alpha value is -1.77. The maximum absolute atomic E-state index is 12.1. The number of carbonyl (C=O) groups excluding carboxylic acids is 2. The van der Waals surface area contributed by atoms with Crippen LogP contribution >= 0.6 is 0 Å². The van der Waals surface area contributed by atoms with Gasteiger partial charge in [0.25, 0.3) is 0 Å². The van der Waals surface area contributed by atoms with Crippen LogP contribution in [0.25, 0.3) is 0 Å². The fourth-order valence-electron chi connectivity index (χ4n) is 2.25. The minimum absolute atomic E-state index is 0.0946. The van der Waals surface area contributed by atoms with Gasteiger partial charge in [0.05, 0.1) is 17.9 Å². The van der Waals surface area contributed by atoms with E-state index in [0.717, 1.165) is 6.42 Å². The number of hydrogen-bond acceptors (Lipinski definition) is 5. The summed E-state index contributed by atoms with van der Waals surface area (Å²) in [6.07, 6.45) is 1.16. The van der Waals surface area contributed by atoms with Crippen molar-refractivity contribution in [1.82, 2.24) is 4.90 Å². The molecule has 1 saturated heterocycles. The monoisotopic (exact) mass is 296 g/mol. The van der Waals surface area contributed by atoms with E-state index in [1.807, 2.05) is 26.8 Å². The average molecular weight is 296 g/mol. The van der Waals surface area contributed by atoms with Crippen molar-refractivity contribution >= 4 is 12.1 Å². The molecular formula is C15H24N2O4. The summed E-state index contributed by atoms with van der Waals surface area (Å²) in [5.41, 5.74) is -1.29. The fourth-order valence-corrected chi connectivity index (χ4v) is 2.25. The molecule has 0 bridgehead atoms. The van der Waals surface area contributed by atoms with Crippen LogP contribution in [0, 0.1) is 16.7 Å². The van der Waals surface area contributed by atoms with Crippen molar-refractivity contribution in [2.45, 2.75) is 52.6 Å². The average Bonchev–Trinajstić information content (AvgIpc) is 2.37. The standard InChI is InChI=1S/C15H24N2O4/c1-14(2,3)21-13(19)17-9-5-7-15(4,11-17)12(18)20-10-6-8-16/h5-7,9-11H2,1-4H3. The van der Waals surface area contributed by atoms with Crippen molar-refractivity contribution in [2.75, 3.05) is 19.7 Å². The normalized spacial score (nSPS) is 22.3. The third-order valence-electron chi connectivity index (χ3n) is 3.29. The molecule has 1 aliphatic heterocycles. The lowest BCUT2D eigenvalue weighted by atomic mass is 9.82. The summed E-state index contributed by atoms with van der Waals surface area (Å²) in [6, 6.07) is 1.93. The molecule has 1 fully saturated rings. The Kier molecular flexibility index (Phi) is 5.59. The molecule has 1 unspecified atom stereocenters. The Balaban J connectivity index is 2.63. The lowest BCUT2D eigenvalue weighted by Gasteiger charge is -2.38. The highest BCUT2D eigenvalue weighted by Gasteiger charge is 2.41. The molecular weight excluding hydrogens is 272 g/mol. The van der Waals surface area contributed by atoms with Crippen molar-refractivity contribution in [1.29, 1.82) is 5.26 Å². The summed E-state index contributed by atoms with van der Waals surface area (Å²) in [5.74, 6) is -0.356. The van der Waals surface area contributed by atoms with E-state index in [-0.39, 0.29) is 25.5 Å². The van der Waals surface area contributed by atoms with Crippen LogP contribution in [0.4, 0.5) is 4.79 Å². The zero-order valence-electron chi connectivity index (χ0n) is 13.3. The molecule has 1 heterocycles. The molecule has 0 aromatic heterocycles. The van der Waals surface area contributed by atoms with E-state index in [2.05, 4.69) is 0 Å². The molecule has 21 heavy (non-hydrogen) atoms. The third-order valence-corrected chi connectivity index (χ3v) is 3.29. The van der Waals surface area contributed by atoms with Gasteiger partial charge in [-0.1, -0.05) is 0 Å². The summed E-state index contributed by atoms with van der Waals surface area (Å²) in [5, 5.41) is 8.47. The van der Waals surface area contributed by atoms with E-state index in [1.54, 1.807) is 11.8 Å². The number of nitriles is 1. The first kappa shape index (κ1) is 17.3. The van der Waals surface area contributed by atoms with Gasteiger partial charge < -0.3 is 14.4 Å². The van der Waals surface area contributed by atoms with Crippen LogP contribution in [0.15, 0.2) is 0 Å². The lowest BCUT2D eigenvalue weighted by Crippen LogP contribution is -2.50. The minimum atomic E-state index is -0.732. The summed E-state index contributed by atoms with van der Waals surface area (Å²) < 4.78 is 10.5. The zero-order chi connectivity index (χ0) is 16.1. The van der Waals surface area contributed by atoms with E-state index >= 15 is 0 Å².